The summed E-state index contributed by atoms with van der Waals surface area (Å²) < 4.78 is 55.6. The highest BCUT2D eigenvalue weighted by atomic mass is 16.7. The summed E-state index contributed by atoms with van der Waals surface area (Å²) in [6.07, 6.45) is -25.9. The zero-order chi connectivity index (χ0) is 71.7. The van der Waals surface area contributed by atoms with Crippen LogP contribution < -0.4 is 0 Å². The molecule has 28 nitrogen and oxygen atoms in total. The molecule has 96 heavy (non-hydrogen) atoms. The quantitative estimate of drug-likeness (QED) is 0.0406. The van der Waals surface area contributed by atoms with Gasteiger partial charge in [0.25, 0.3) is 0 Å². The van der Waals surface area contributed by atoms with E-state index in [0.717, 1.165) is 12.8 Å². The molecule has 4 heterocycles. The third-order valence-electron chi connectivity index (χ3n) is 24.9. The van der Waals surface area contributed by atoms with E-state index >= 15 is 0 Å². The molecule has 0 aromatic carbocycles. The van der Waals surface area contributed by atoms with Gasteiger partial charge in [0, 0.05) is 22.2 Å². The van der Waals surface area contributed by atoms with Crippen LogP contribution >= 0.6 is 0 Å². The molecule has 0 aromatic rings. The van der Waals surface area contributed by atoms with Crippen molar-refractivity contribution in [2.24, 2.45) is 57.7 Å². The fraction of sp³-hybridized carbons (Fsp3) is 0.971. The molecule has 4 aliphatic heterocycles. The van der Waals surface area contributed by atoms with Crippen molar-refractivity contribution in [1.29, 1.82) is 0 Å². The summed E-state index contributed by atoms with van der Waals surface area (Å²) in [4.78, 5) is 0. The minimum absolute atomic E-state index is 0.0353. The molecular formula is C68H120O28. The predicted octanol–water partition coefficient (Wildman–Crippen LogP) is -2.95. The Labute approximate surface area is 564 Å². The number of hydrogen-bond acceptors (Lipinski definition) is 28. The van der Waals surface area contributed by atoms with Gasteiger partial charge in [-0.15, -0.1) is 0 Å². The van der Waals surface area contributed by atoms with Gasteiger partial charge in [0.2, 0.25) is 0 Å². The molecule has 8 aliphatic rings. The maximum atomic E-state index is 12.6. The first-order valence-electron chi connectivity index (χ1n) is 34.7. The summed E-state index contributed by atoms with van der Waals surface area (Å²) in [7, 11) is 0. The molecule has 8 rings (SSSR count). The van der Waals surface area contributed by atoms with E-state index in [2.05, 4.69) is 47.6 Å². The standard InChI is InChI=1S/C68H120O28/c1-31(14-18-45(62(6,7)87)91-30-66(11)60(96-68(13)59(86)54(81)49(76)41(24-71)95-68)55(82)50(77)42(94-66)26-89-29-65(10)58(85)53(80)48(75)40(23-70)93-65)32(2)35-20-43(72)67(12)36(33(35)3)15-16-37-38(67)17-19-44(61(37,4)5)90-27-63(8)21-34(46(73)51(78)56(63)83)25-88-28-64(9)57(84)52(79)47(74)39(22-69)92-64/h16,31-36,38-60,69-87H,14-15,17-30H2,1-13H3/t31-,32?,33+,34?,35?,36?,38+,39?,40?,41?,42?,43?,44?,45?,46-,47-,48+,49+,50+,51?,52?,53+,54+,55+,56+,57+,58?,59?,60?,63?,64?,65?,66-,67+,68-/m1/s1. The van der Waals surface area contributed by atoms with Gasteiger partial charge in [-0.3, -0.25) is 0 Å². The van der Waals surface area contributed by atoms with Gasteiger partial charge >= 0.3 is 0 Å². The van der Waals surface area contributed by atoms with Gasteiger partial charge < -0.3 is 140 Å². The van der Waals surface area contributed by atoms with E-state index in [-0.39, 0.29) is 67.9 Å². The first kappa shape index (κ1) is 80.3. The van der Waals surface area contributed by atoms with Crippen molar-refractivity contribution in [1.82, 2.24) is 0 Å². The predicted molar refractivity (Wildman–Crippen MR) is 339 cm³/mol. The Kier molecular flexibility index (Phi) is 25.4. The number of rotatable bonds is 25. The Balaban J connectivity index is 0.914. The first-order chi connectivity index (χ1) is 44.5. The highest BCUT2D eigenvalue weighted by molar-refractivity contribution is 5.29. The zero-order valence-corrected chi connectivity index (χ0v) is 58.3. The number of hydrogen-bond donors (Lipinski definition) is 19. The van der Waals surface area contributed by atoms with Crippen LogP contribution in [0, 0.1) is 57.7 Å². The summed E-state index contributed by atoms with van der Waals surface area (Å²) in [5.74, 6) is -2.36. The maximum absolute atomic E-state index is 12.6. The van der Waals surface area contributed by atoms with Crippen LogP contribution in [0.1, 0.15) is 135 Å². The number of allylic oxidation sites excluding steroid dienone is 1. The van der Waals surface area contributed by atoms with Crippen LogP contribution in [0.15, 0.2) is 11.6 Å². The van der Waals surface area contributed by atoms with Crippen LogP contribution in [0.4, 0.5) is 0 Å². The number of aliphatic hydroxyl groups is 19. The van der Waals surface area contributed by atoms with Crippen molar-refractivity contribution in [3.05, 3.63) is 11.6 Å². The van der Waals surface area contributed by atoms with E-state index in [1.807, 2.05) is 0 Å². The Hall–Kier alpha value is -1.38. The van der Waals surface area contributed by atoms with E-state index in [0.29, 0.717) is 25.7 Å². The molecule has 7 fully saturated rings. The Morgan fingerprint density at radius 1 is 0.562 bits per heavy atom. The van der Waals surface area contributed by atoms with Crippen molar-refractivity contribution in [3.8, 4) is 0 Å². The third-order valence-corrected chi connectivity index (χ3v) is 24.9. The lowest BCUT2D eigenvalue weighted by Crippen LogP contribution is -2.72. The molecule has 4 aliphatic carbocycles. The third kappa shape index (κ3) is 15.3. The highest BCUT2D eigenvalue weighted by Gasteiger charge is 2.63. The SMILES string of the molecule is CC(C1CC(O)[C@@]2(C)C(CC=C3[C@@H]2CCC(OCC2(C)CC(COCC4(C)OC(CO)[C@@H](O)C(O)[C@@H]4O)[C@@H](O)C(O)[C@@H]2O)C3(C)C)[C@H]1C)[C@H](C)CCC(OC[C@@]1(C)OC(COCC2(C)OC(CO)[C@H](O)[C@H](O)C2O)[C@H](O)[C@H](O)C1O[C@@]1(C)OC(CO)[C@H](O)[C@H](O)C1O)C(C)(C)O. The molecule has 0 radical (unpaired) electrons. The lowest BCUT2D eigenvalue weighted by Gasteiger charge is -2.62. The van der Waals surface area contributed by atoms with E-state index in [1.54, 1.807) is 20.8 Å². The molecule has 19 N–H and O–H groups in total. The molecule has 0 bridgehead atoms. The van der Waals surface area contributed by atoms with Gasteiger partial charge in [0.05, 0.1) is 95.6 Å². The van der Waals surface area contributed by atoms with Crippen LogP contribution in [0.2, 0.25) is 0 Å². The summed E-state index contributed by atoms with van der Waals surface area (Å²) in [5, 5.41) is 208. The molecule has 0 aromatic heterocycles. The summed E-state index contributed by atoms with van der Waals surface area (Å²) in [6.45, 7) is 19.9. The van der Waals surface area contributed by atoms with Crippen molar-refractivity contribution >= 4 is 0 Å². The molecule has 28 heteroatoms. The van der Waals surface area contributed by atoms with E-state index < -0.39 is 218 Å². The normalized spacial score (nSPS) is 50.2. The summed E-state index contributed by atoms with van der Waals surface area (Å²) >= 11 is 0. The van der Waals surface area contributed by atoms with E-state index in [9.17, 15) is 97.0 Å². The largest absolute Gasteiger partial charge is 0.394 e. The number of ether oxygens (including phenoxy) is 9. The van der Waals surface area contributed by atoms with Crippen LogP contribution in [0.5, 0.6) is 0 Å². The second kappa shape index (κ2) is 30.4. The first-order valence-corrected chi connectivity index (χ1v) is 34.7. The Morgan fingerprint density at radius 3 is 1.60 bits per heavy atom. The Bertz CT molecular complexity index is 2540. The molecule has 4 saturated heterocycles. The Morgan fingerprint density at radius 2 is 1.06 bits per heavy atom. The topological polar surface area (TPSA) is 467 Å². The molecule has 35 atom stereocenters. The summed E-state index contributed by atoms with van der Waals surface area (Å²) in [5.41, 5.74) is -7.30. The van der Waals surface area contributed by atoms with Gasteiger partial charge in [-0.2, -0.15) is 0 Å². The molecule has 3 saturated carbocycles. The molecule has 0 spiro atoms. The van der Waals surface area contributed by atoms with E-state index in [1.165, 1.54) is 33.3 Å². The van der Waals surface area contributed by atoms with Crippen molar-refractivity contribution in [3.63, 3.8) is 0 Å². The lowest BCUT2D eigenvalue weighted by atomic mass is 9.44. The minimum Gasteiger partial charge on any atom is -0.394 e. The summed E-state index contributed by atoms with van der Waals surface area (Å²) in [6, 6.07) is 0. The fourth-order valence-corrected chi connectivity index (χ4v) is 18.0. The molecular weight excluding hydrogens is 1260 g/mol. The number of fused-ring (bicyclic) bond motifs is 3. The van der Waals surface area contributed by atoms with Crippen LogP contribution in [0.3, 0.4) is 0 Å². The maximum Gasteiger partial charge on any atom is 0.195 e. The van der Waals surface area contributed by atoms with Crippen molar-refractivity contribution < 1.29 is 140 Å². The van der Waals surface area contributed by atoms with Crippen molar-refractivity contribution in [2.75, 3.05) is 59.5 Å². The monoisotopic (exact) mass is 1380 g/mol. The van der Waals surface area contributed by atoms with Gasteiger partial charge in [0.1, 0.15) is 121 Å². The highest BCUT2D eigenvalue weighted by Crippen LogP contribution is 2.64. The molecule has 19 unspecified atom stereocenters. The second-order valence-electron chi connectivity index (χ2n) is 32.7. The van der Waals surface area contributed by atoms with Gasteiger partial charge in [-0.1, -0.05) is 60.1 Å². The average molecular weight is 1390 g/mol. The second-order valence-corrected chi connectivity index (χ2v) is 32.7. The smallest absolute Gasteiger partial charge is 0.195 e. The van der Waals surface area contributed by atoms with Crippen LogP contribution in [-0.4, -0.2) is 319 Å². The zero-order valence-electron chi connectivity index (χ0n) is 58.3. The number of aliphatic hydroxyl groups excluding tert-OH is 18. The van der Waals surface area contributed by atoms with Crippen molar-refractivity contribution in [2.45, 2.75) is 297 Å². The minimum atomic E-state index is -2.24. The fourth-order valence-electron chi connectivity index (χ4n) is 18.0. The molecule has 0 amide bonds. The van der Waals surface area contributed by atoms with Crippen LogP contribution in [-0.2, 0) is 42.6 Å². The molecule has 560 valence electrons. The van der Waals surface area contributed by atoms with Gasteiger partial charge in [0.15, 0.2) is 5.79 Å². The van der Waals surface area contributed by atoms with Gasteiger partial charge in [-0.25, -0.2) is 0 Å². The lowest BCUT2D eigenvalue weighted by molar-refractivity contribution is -0.402. The van der Waals surface area contributed by atoms with Crippen LogP contribution in [0.25, 0.3) is 0 Å². The average Bonchev–Trinajstić information content (AvgIpc) is 0.712. The van der Waals surface area contributed by atoms with Gasteiger partial charge in [-0.05, 0) is 122 Å². The van der Waals surface area contributed by atoms with E-state index in [4.69, 9.17) is 42.6 Å².